The number of rotatable bonds is 0. The minimum absolute atomic E-state index is 0.0469. The molecule has 5 rings (SSSR count). The summed E-state index contributed by atoms with van der Waals surface area (Å²) in [5.41, 5.74) is 3.31. The molecular formula is C29H48O. The van der Waals surface area contributed by atoms with Crippen LogP contribution in [-0.2, 0) is 0 Å². The highest BCUT2D eigenvalue weighted by Crippen LogP contribution is 2.71. The van der Waals surface area contributed by atoms with E-state index in [2.05, 4.69) is 54.5 Å². The van der Waals surface area contributed by atoms with Crippen molar-refractivity contribution >= 4 is 0 Å². The minimum atomic E-state index is -0.127. The molecule has 1 N–H and O–H groups in total. The third-order valence-corrected chi connectivity index (χ3v) is 12.6. The average Bonchev–Trinajstić information content (AvgIpc) is 2.69. The van der Waals surface area contributed by atoms with E-state index in [4.69, 9.17) is 0 Å². The number of aliphatic hydroxyl groups is 1. The smallest absolute Gasteiger partial charge is 0.0594 e. The molecule has 0 aromatic heterocycles. The van der Waals surface area contributed by atoms with Crippen LogP contribution < -0.4 is 0 Å². The SMILES string of the molecule is CC1CCC2(C)CCC3(C)C4=CCC5C(C)(C)C(O)CCC5(C)C4CCC3C2C1C. The topological polar surface area (TPSA) is 20.2 Å². The number of hydrogen-bond acceptors (Lipinski definition) is 1. The molecule has 30 heavy (non-hydrogen) atoms. The second kappa shape index (κ2) is 6.61. The Kier molecular flexibility index (Phi) is 4.75. The van der Waals surface area contributed by atoms with Gasteiger partial charge in [0, 0.05) is 0 Å². The monoisotopic (exact) mass is 412 g/mol. The summed E-state index contributed by atoms with van der Waals surface area (Å²) in [5, 5.41) is 10.8. The Balaban J connectivity index is 1.53. The lowest BCUT2D eigenvalue weighted by atomic mass is 9.38. The van der Waals surface area contributed by atoms with E-state index in [0.717, 1.165) is 36.0 Å². The van der Waals surface area contributed by atoms with Crippen LogP contribution in [0.25, 0.3) is 0 Å². The summed E-state index contributed by atoms with van der Waals surface area (Å²) in [6.45, 7) is 17.8. The van der Waals surface area contributed by atoms with Gasteiger partial charge in [-0.05, 0) is 115 Å². The molecule has 0 heterocycles. The molecule has 1 heteroatoms. The third kappa shape index (κ3) is 2.63. The van der Waals surface area contributed by atoms with Gasteiger partial charge >= 0.3 is 0 Å². The fourth-order valence-electron chi connectivity index (χ4n) is 10.4. The van der Waals surface area contributed by atoms with Crippen LogP contribution in [0.15, 0.2) is 11.6 Å². The lowest BCUT2D eigenvalue weighted by Crippen LogP contribution is -2.60. The Labute approximate surface area is 186 Å². The molecule has 0 spiro atoms. The number of aliphatic hydroxyl groups excluding tert-OH is 1. The summed E-state index contributed by atoms with van der Waals surface area (Å²) >= 11 is 0. The Hall–Kier alpha value is -0.300. The highest BCUT2D eigenvalue weighted by atomic mass is 16.3. The van der Waals surface area contributed by atoms with Gasteiger partial charge in [0.15, 0.2) is 0 Å². The molecule has 1 nitrogen and oxygen atoms in total. The summed E-state index contributed by atoms with van der Waals surface area (Å²) in [4.78, 5) is 0. The Bertz CT molecular complexity index is 735. The van der Waals surface area contributed by atoms with E-state index in [1.807, 2.05) is 5.57 Å². The van der Waals surface area contributed by atoms with Crippen molar-refractivity contribution in [1.29, 1.82) is 0 Å². The molecule has 0 aliphatic heterocycles. The Morgan fingerprint density at radius 1 is 0.867 bits per heavy atom. The fraction of sp³-hybridized carbons (Fsp3) is 0.931. The van der Waals surface area contributed by atoms with Crippen LogP contribution in [0, 0.1) is 57.2 Å². The molecule has 0 amide bonds. The van der Waals surface area contributed by atoms with E-state index in [1.165, 1.54) is 51.4 Å². The van der Waals surface area contributed by atoms with E-state index in [9.17, 15) is 5.11 Å². The lowest BCUT2D eigenvalue weighted by molar-refractivity contribution is -0.148. The van der Waals surface area contributed by atoms with Crippen LogP contribution in [0.4, 0.5) is 0 Å². The summed E-state index contributed by atoms with van der Waals surface area (Å²) in [6.07, 6.45) is 14.6. The van der Waals surface area contributed by atoms with Gasteiger partial charge in [-0.15, -0.1) is 0 Å². The van der Waals surface area contributed by atoms with Gasteiger partial charge < -0.3 is 5.11 Å². The highest BCUT2D eigenvalue weighted by Gasteiger charge is 2.63. The van der Waals surface area contributed by atoms with Gasteiger partial charge in [-0.25, -0.2) is 0 Å². The highest BCUT2D eigenvalue weighted by molar-refractivity contribution is 5.31. The van der Waals surface area contributed by atoms with E-state index in [-0.39, 0.29) is 11.5 Å². The van der Waals surface area contributed by atoms with E-state index in [0.29, 0.717) is 22.2 Å². The Morgan fingerprint density at radius 2 is 1.60 bits per heavy atom. The first-order valence-electron chi connectivity index (χ1n) is 13.3. The molecule has 0 aromatic carbocycles. The second-order valence-electron chi connectivity index (χ2n) is 14.0. The summed E-state index contributed by atoms with van der Waals surface area (Å²) in [7, 11) is 0. The molecule has 4 fully saturated rings. The first kappa shape index (κ1) is 21.5. The van der Waals surface area contributed by atoms with Crippen LogP contribution >= 0.6 is 0 Å². The molecule has 4 saturated carbocycles. The fourth-order valence-corrected chi connectivity index (χ4v) is 10.4. The first-order valence-corrected chi connectivity index (χ1v) is 13.3. The maximum absolute atomic E-state index is 10.8. The van der Waals surface area contributed by atoms with Gasteiger partial charge in [0.25, 0.3) is 0 Å². The van der Waals surface area contributed by atoms with Gasteiger partial charge in [-0.3, -0.25) is 0 Å². The minimum Gasteiger partial charge on any atom is -0.393 e. The van der Waals surface area contributed by atoms with Crippen molar-refractivity contribution in [2.45, 2.75) is 112 Å². The van der Waals surface area contributed by atoms with Gasteiger partial charge in [0.2, 0.25) is 0 Å². The number of hydrogen-bond donors (Lipinski definition) is 1. The van der Waals surface area contributed by atoms with E-state index >= 15 is 0 Å². The van der Waals surface area contributed by atoms with Gasteiger partial charge in [0.1, 0.15) is 0 Å². The molecule has 10 atom stereocenters. The van der Waals surface area contributed by atoms with Crippen LogP contribution in [0.2, 0.25) is 0 Å². The number of allylic oxidation sites excluding steroid dienone is 2. The lowest BCUT2D eigenvalue weighted by Gasteiger charge is -2.67. The van der Waals surface area contributed by atoms with Crippen LogP contribution in [0.1, 0.15) is 106 Å². The molecule has 10 unspecified atom stereocenters. The maximum atomic E-state index is 10.8. The quantitative estimate of drug-likeness (QED) is 0.405. The van der Waals surface area contributed by atoms with Crippen LogP contribution in [0.3, 0.4) is 0 Å². The molecule has 0 saturated heterocycles. The van der Waals surface area contributed by atoms with Crippen molar-refractivity contribution in [2.75, 3.05) is 0 Å². The van der Waals surface area contributed by atoms with Crippen molar-refractivity contribution in [3.8, 4) is 0 Å². The van der Waals surface area contributed by atoms with Gasteiger partial charge in [-0.2, -0.15) is 0 Å². The van der Waals surface area contributed by atoms with E-state index < -0.39 is 0 Å². The molecule has 170 valence electrons. The van der Waals surface area contributed by atoms with Gasteiger partial charge in [-0.1, -0.05) is 60.1 Å². The predicted molar refractivity (Wildman–Crippen MR) is 126 cm³/mol. The number of fused-ring (bicyclic) bond motifs is 7. The van der Waals surface area contributed by atoms with Crippen molar-refractivity contribution in [2.24, 2.45) is 57.2 Å². The van der Waals surface area contributed by atoms with Crippen molar-refractivity contribution < 1.29 is 5.11 Å². The molecule has 5 aliphatic rings. The molecule has 0 aromatic rings. The molecule has 0 bridgehead atoms. The van der Waals surface area contributed by atoms with E-state index in [1.54, 1.807) is 0 Å². The zero-order chi connectivity index (χ0) is 21.7. The van der Waals surface area contributed by atoms with Crippen molar-refractivity contribution in [1.82, 2.24) is 0 Å². The van der Waals surface area contributed by atoms with Crippen LogP contribution in [-0.4, -0.2) is 11.2 Å². The normalized spacial score (nSPS) is 57.3. The standard InChI is InChI=1S/C29H48O/c1-18-12-14-27(5)16-17-28(6)20-10-11-23-26(3,4)24(30)13-15-29(23,7)21(20)8-9-22(28)25(27)19(18)2/h10,18-19,21-25,30H,8-9,11-17H2,1-7H3. The zero-order valence-corrected chi connectivity index (χ0v) is 20.9. The van der Waals surface area contributed by atoms with Crippen molar-refractivity contribution in [3.05, 3.63) is 11.6 Å². The largest absolute Gasteiger partial charge is 0.393 e. The van der Waals surface area contributed by atoms with Crippen LogP contribution in [0.5, 0.6) is 0 Å². The Morgan fingerprint density at radius 3 is 2.33 bits per heavy atom. The molecular weight excluding hydrogens is 364 g/mol. The zero-order valence-electron chi connectivity index (χ0n) is 20.9. The predicted octanol–water partition coefficient (Wildman–Crippen LogP) is 7.63. The second-order valence-corrected chi connectivity index (χ2v) is 14.0. The summed E-state index contributed by atoms with van der Waals surface area (Å²) < 4.78 is 0. The maximum Gasteiger partial charge on any atom is 0.0594 e. The van der Waals surface area contributed by atoms with Crippen molar-refractivity contribution in [3.63, 3.8) is 0 Å². The molecule has 0 radical (unpaired) electrons. The summed E-state index contributed by atoms with van der Waals surface area (Å²) in [5.74, 6) is 4.96. The average molecular weight is 413 g/mol. The molecule has 5 aliphatic carbocycles. The third-order valence-electron chi connectivity index (χ3n) is 12.6. The summed E-state index contributed by atoms with van der Waals surface area (Å²) in [6, 6.07) is 0. The first-order chi connectivity index (χ1) is 13.9. The van der Waals surface area contributed by atoms with Gasteiger partial charge in [0.05, 0.1) is 6.10 Å².